The van der Waals surface area contributed by atoms with E-state index in [9.17, 15) is 17.8 Å². The van der Waals surface area contributed by atoms with Crippen LogP contribution in [-0.4, -0.2) is 21.8 Å². The summed E-state index contributed by atoms with van der Waals surface area (Å²) < 4.78 is 166. The Morgan fingerprint density at radius 3 is 1.30 bits per heavy atom. The molecule has 0 atom stereocenters. The standard InChI is InChI=1S/C78H53N3Si/c1-6-25-54(26-7-1)68-52-63(82(60-31-10-3-11-32-60,61-33-12-4-13-34-61)62-35-14-5-15-36-62)53-69(55-27-8-2-9-28-55)78(68)81-75-44-23-19-39-66(75)70-50-57(45-47-77(70)81)56-29-24-30-58(49-56)79-74-43-22-18-40-67(74)71-51-59(46-48-76(71)79)80-72-41-20-16-37-64(72)65-38-17-21-42-73(65)80/h1-53H/i1D,2D,6D,7D,8D,9D,18D,22D,25D,26D,27D,28D,40D,43D,46D,48D,51D. The lowest BCUT2D eigenvalue weighted by molar-refractivity contribution is 1.17. The molecule has 0 aliphatic rings. The summed E-state index contributed by atoms with van der Waals surface area (Å²) in [6, 6.07) is 60.6. The molecule has 0 saturated carbocycles. The predicted octanol–water partition coefficient (Wildman–Crippen LogP) is 17.4. The molecule has 0 saturated heterocycles. The fourth-order valence-corrected chi connectivity index (χ4v) is 17.4. The minimum absolute atomic E-state index is 0.0134. The molecule has 0 aliphatic heterocycles. The molecule has 0 unspecified atom stereocenters. The van der Waals surface area contributed by atoms with Crippen LogP contribution >= 0.6 is 0 Å². The smallest absolute Gasteiger partial charge is 0.179 e. The van der Waals surface area contributed by atoms with Crippen molar-refractivity contribution in [3.63, 3.8) is 0 Å². The van der Waals surface area contributed by atoms with Crippen LogP contribution in [0.4, 0.5) is 0 Å². The van der Waals surface area contributed by atoms with Gasteiger partial charge in [0.15, 0.2) is 8.07 Å². The van der Waals surface area contributed by atoms with Crippen LogP contribution in [-0.2, 0) is 0 Å². The van der Waals surface area contributed by atoms with Crippen LogP contribution < -0.4 is 20.7 Å². The van der Waals surface area contributed by atoms with Crippen molar-refractivity contribution in [3.05, 3.63) is 321 Å². The highest BCUT2D eigenvalue weighted by molar-refractivity contribution is 7.20. The molecule has 0 aliphatic carbocycles. The Bertz CT molecular complexity index is 5850. The number of fused-ring (bicyclic) bond motifs is 9. The number of hydrogen-bond acceptors (Lipinski definition) is 0. The van der Waals surface area contributed by atoms with Gasteiger partial charge in [0, 0.05) is 54.8 Å². The Morgan fingerprint density at radius 1 is 0.256 bits per heavy atom. The minimum atomic E-state index is -3.73. The Labute approximate surface area is 501 Å². The van der Waals surface area contributed by atoms with Crippen LogP contribution in [0, 0.1) is 0 Å². The van der Waals surface area contributed by atoms with Crippen molar-refractivity contribution < 1.29 is 23.3 Å². The maximum absolute atomic E-state index is 10.1. The summed E-state index contributed by atoms with van der Waals surface area (Å²) in [7, 11) is -3.73. The number of aromatic nitrogens is 3. The molecular formula is C78H53N3Si. The highest BCUT2D eigenvalue weighted by Gasteiger charge is 2.42. The summed E-state index contributed by atoms with van der Waals surface area (Å²) in [6.45, 7) is 0. The van der Waals surface area contributed by atoms with Gasteiger partial charge in [0.05, 0.1) is 62.1 Å². The van der Waals surface area contributed by atoms with E-state index in [-0.39, 0.29) is 73.6 Å². The van der Waals surface area contributed by atoms with E-state index in [2.05, 4.69) is 0 Å². The Kier molecular flexibility index (Phi) is 7.84. The zero-order valence-electron chi connectivity index (χ0n) is 60.6. The van der Waals surface area contributed by atoms with Crippen LogP contribution in [0.1, 0.15) is 23.3 Å². The van der Waals surface area contributed by atoms with Crippen LogP contribution in [0.15, 0.2) is 321 Å². The van der Waals surface area contributed by atoms with Gasteiger partial charge < -0.3 is 13.7 Å². The van der Waals surface area contributed by atoms with Gasteiger partial charge in [0.2, 0.25) is 0 Å². The lowest BCUT2D eigenvalue weighted by atomic mass is 9.95. The van der Waals surface area contributed by atoms with E-state index in [0.29, 0.717) is 54.8 Å². The van der Waals surface area contributed by atoms with Crippen LogP contribution in [0.25, 0.3) is 116 Å². The van der Waals surface area contributed by atoms with Crippen LogP contribution in [0.5, 0.6) is 0 Å². The summed E-state index contributed by atoms with van der Waals surface area (Å²) in [5.41, 5.74) is 4.24. The molecule has 0 N–H and O–H groups in total. The van der Waals surface area contributed by atoms with Crippen molar-refractivity contribution >= 4 is 94.2 Å². The highest BCUT2D eigenvalue weighted by Crippen LogP contribution is 2.43. The average molecular weight is 1080 g/mol. The maximum atomic E-state index is 10.1. The quantitative estimate of drug-likeness (QED) is 0.0958. The molecule has 4 heteroatoms. The van der Waals surface area contributed by atoms with Gasteiger partial charge in [0.25, 0.3) is 0 Å². The van der Waals surface area contributed by atoms with Gasteiger partial charge in [0.1, 0.15) is 0 Å². The average Bonchev–Trinajstić information content (AvgIpc) is 1.69. The number of benzene rings is 13. The van der Waals surface area contributed by atoms with E-state index in [1.165, 1.54) is 0 Å². The van der Waals surface area contributed by atoms with E-state index >= 15 is 0 Å². The first-order chi connectivity index (χ1) is 47.8. The normalized spacial score (nSPS) is 14.8. The van der Waals surface area contributed by atoms with Gasteiger partial charge in [-0.05, 0) is 110 Å². The first kappa shape index (κ1) is 33.2. The van der Waals surface area contributed by atoms with E-state index in [1.54, 1.807) is 21.3 Å². The van der Waals surface area contributed by atoms with Gasteiger partial charge in [-0.2, -0.15) is 0 Å². The molecule has 0 radical (unpaired) electrons. The van der Waals surface area contributed by atoms with E-state index in [0.717, 1.165) is 26.3 Å². The Morgan fingerprint density at radius 2 is 0.720 bits per heavy atom. The van der Waals surface area contributed by atoms with Gasteiger partial charge >= 0.3 is 0 Å². The molecular weight excluding hydrogens is 1010 g/mol. The Hall–Kier alpha value is -10.5. The van der Waals surface area contributed by atoms with Crippen molar-refractivity contribution in [1.82, 2.24) is 13.7 Å². The molecule has 0 fully saturated rings. The van der Waals surface area contributed by atoms with Crippen molar-refractivity contribution in [2.45, 2.75) is 0 Å². The summed E-state index contributed by atoms with van der Waals surface area (Å²) in [5.74, 6) is 0. The van der Waals surface area contributed by atoms with E-state index in [4.69, 9.17) is 5.48 Å². The van der Waals surface area contributed by atoms with Crippen LogP contribution in [0.3, 0.4) is 0 Å². The summed E-state index contributed by atoms with van der Waals surface area (Å²) in [6.07, 6.45) is 0. The summed E-state index contributed by atoms with van der Waals surface area (Å²) in [5, 5.41) is 6.45. The fraction of sp³-hybridized carbons (Fsp3) is 0. The van der Waals surface area contributed by atoms with Crippen molar-refractivity contribution in [3.8, 4) is 50.4 Å². The molecule has 3 nitrogen and oxygen atoms in total. The molecule has 16 rings (SSSR count). The maximum Gasteiger partial charge on any atom is 0.179 e. The molecule has 0 bridgehead atoms. The van der Waals surface area contributed by atoms with Gasteiger partial charge in [-0.15, -0.1) is 0 Å². The number of hydrogen-bond donors (Lipinski definition) is 0. The second kappa shape index (κ2) is 19.4. The largest absolute Gasteiger partial charge is 0.309 e. The predicted molar refractivity (Wildman–Crippen MR) is 349 cm³/mol. The third kappa shape index (κ3) is 7.42. The molecule has 3 heterocycles. The molecule has 0 amide bonds. The zero-order valence-corrected chi connectivity index (χ0v) is 44.6. The monoisotopic (exact) mass is 1080 g/mol. The first-order valence-electron chi connectivity index (χ1n) is 35.4. The van der Waals surface area contributed by atoms with Crippen LogP contribution in [0.2, 0.25) is 0 Å². The number of rotatable bonds is 10. The molecule has 82 heavy (non-hydrogen) atoms. The molecule has 13 aromatic carbocycles. The van der Waals surface area contributed by atoms with Gasteiger partial charge in [-0.3, -0.25) is 0 Å². The second-order valence-corrected chi connectivity index (χ2v) is 24.1. The third-order valence-corrected chi connectivity index (χ3v) is 20.7. The lowest BCUT2D eigenvalue weighted by Gasteiger charge is -2.36. The number of nitrogens with zero attached hydrogens (tertiary/aromatic N) is 3. The molecule has 0 spiro atoms. The summed E-state index contributed by atoms with van der Waals surface area (Å²) in [4.78, 5) is 0. The molecule has 3 aromatic heterocycles. The van der Waals surface area contributed by atoms with Gasteiger partial charge in [-0.1, -0.05) is 254 Å². The van der Waals surface area contributed by atoms with E-state index in [1.807, 2.05) is 211 Å². The SMILES string of the molecule is [2H]c1c([2H])c([2H])c(-c2cc([Si](c3ccccc3)(c3ccccc3)c3ccccc3)cc(-c3c([2H])c([2H])c([2H])c([2H])c3[2H])c2-n2c3ccccc3c3cc(-c4cccc(-n5c6c([2H])c([2H])c([2H])c([2H])c6c6c([2H])c(-n7c8ccccc8c8ccccc87)c([2H])c([2H])c65)c4)ccc32)c([2H])c1[2H]. The highest BCUT2D eigenvalue weighted by atomic mass is 28.3. The molecule has 384 valence electrons. The summed E-state index contributed by atoms with van der Waals surface area (Å²) >= 11 is 0. The van der Waals surface area contributed by atoms with E-state index < -0.39 is 92.7 Å². The minimum Gasteiger partial charge on any atom is -0.309 e. The first-order valence-corrected chi connectivity index (χ1v) is 28.9. The van der Waals surface area contributed by atoms with Crippen molar-refractivity contribution in [2.24, 2.45) is 0 Å². The van der Waals surface area contributed by atoms with Crippen molar-refractivity contribution in [2.75, 3.05) is 0 Å². The number of para-hydroxylation sites is 4. The zero-order chi connectivity index (χ0) is 68.9. The lowest BCUT2D eigenvalue weighted by Crippen LogP contribution is -2.74. The Balaban J connectivity index is 0.991. The molecule has 16 aromatic rings. The van der Waals surface area contributed by atoms with Crippen molar-refractivity contribution in [1.29, 1.82) is 0 Å². The topological polar surface area (TPSA) is 14.8 Å². The fourth-order valence-electron chi connectivity index (χ4n) is 12.6. The van der Waals surface area contributed by atoms with Gasteiger partial charge in [-0.25, -0.2) is 0 Å². The second-order valence-electron chi connectivity index (χ2n) is 20.3. The third-order valence-electron chi connectivity index (χ3n) is 16.0.